The van der Waals surface area contributed by atoms with E-state index in [1.54, 1.807) is 6.08 Å². The first kappa shape index (κ1) is 13.8. The molecule has 2 unspecified atom stereocenters. The summed E-state index contributed by atoms with van der Waals surface area (Å²) in [5, 5.41) is -1.45. The summed E-state index contributed by atoms with van der Waals surface area (Å²) in [5.74, 6) is 0.395. The van der Waals surface area contributed by atoms with Gasteiger partial charge in [0.1, 0.15) is 0 Å². The zero-order chi connectivity index (χ0) is 13.0. The molecule has 5 heteroatoms. The van der Waals surface area contributed by atoms with Crippen molar-refractivity contribution < 1.29 is 14.0 Å². The van der Waals surface area contributed by atoms with Crippen molar-refractivity contribution in [2.75, 3.05) is 6.61 Å². The Hall–Kier alpha value is -0.610. The molecule has 2 saturated carbocycles. The summed E-state index contributed by atoms with van der Waals surface area (Å²) < 4.78 is 13.0. The van der Waals surface area contributed by atoms with Crippen LogP contribution >= 0.6 is 11.6 Å². The number of hydrogen-bond acceptors (Lipinski definition) is 2. The first-order valence-corrected chi connectivity index (χ1v) is 6.92. The molecule has 0 aromatic rings. The number of hydroxylamine groups is 1. The first-order chi connectivity index (χ1) is 8.58. The molecule has 2 fully saturated rings. The molecule has 2 atom stereocenters. The SMILES string of the molecule is O=C(/C=C/CCCC1CC1(F)Cl)NOCC1CC1. The van der Waals surface area contributed by atoms with Crippen LogP contribution < -0.4 is 5.48 Å². The number of alkyl halides is 2. The van der Waals surface area contributed by atoms with Gasteiger partial charge in [0.05, 0.1) is 6.61 Å². The Morgan fingerprint density at radius 1 is 1.56 bits per heavy atom. The second-order valence-corrected chi connectivity index (χ2v) is 5.84. The number of halogens is 2. The molecular weight excluding hydrogens is 257 g/mol. The lowest BCUT2D eigenvalue weighted by Gasteiger charge is -2.01. The highest BCUT2D eigenvalue weighted by Crippen LogP contribution is 2.53. The molecule has 102 valence electrons. The average Bonchev–Trinajstić information content (AvgIpc) is 3.18. The summed E-state index contributed by atoms with van der Waals surface area (Å²) in [7, 11) is 0. The Bertz CT molecular complexity index is 329. The molecule has 2 aliphatic carbocycles. The lowest BCUT2D eigenvalue weighted by molar-refractivity contribution is -0.128. The average molecular weight is 276 g/mol. The van der Waals surface area contributed by atoms with Gasteiger partial charge in [0.2, 0.25) is 0 Å². The second-order valence-electron chi connectivity index (χ2n) is 5.22. The van der Waals surface area contributed by atoms with Gasteiger partial charge >= 0.3 is 0 Å². The van der Waals surface area contributed by atoms with E-state index in [1.165, 1.54) is 18.9 Å². The molecular formula is C13H19ClFNO2. The van der Waals surface area contributed by atoms with Gasteiger partial charge in [-0.25, -0.2) is 9.87 Å². The molecule has 0 aromatic heterocycles. The second kappa shape index (κ2) is 6.02. The molecule has 0 radical (unpaired) electrons. The van der Waals surface area contributed by atoms with Crippen molar-refractivity contribution in [1.82, 2.24) is 5.48 Å². The predicted octanol–water partition coefficient (Wildman–Crippen LogP) is 3.10. The molecule has 2 aliphatic rings. The minimum Gasteiger partial charge on any atom is -0.273 e. The molecule has 0 aliphatic heterocycles. The van der Waals surface area contributed by atoms with E-state index in [0.717, 1.165) is 19.3 Å². The van der Waals surface area contributed by atoms with Crippen molar-refractivity contribution in [3.8, 4) is 0 Å². The highest BCUT2D eigenvalue weighted by molar-refractivity contribution is 6.24. The molecule has 0 saturated heterocycles. The monoisotopic (exact) mass is 275 g/mol. The van der Waals surface area contributed by atoms with Gasteiger partial charge in [0.15, 0.2) is 5.13 Å². The van der Waals surface area contributed by atoms with Crippen molar-refractivity contribution in [2.45, 2.75) is 43.7 Å². The molecule has 3 nitrogen and oxygen atoms in total. The molecule has 0 heterocycles. The number of allylic oxidation sites excluding steroid dienone is 1. The van der Waals surface area contributed by atoms with Crippen LogP contribution in [-0.2, 0) is 9.63 Å². The third-order valence-electron chi connectivity index (χ3n) is 3.34. The standard InChI is InChI=1S/C13H19ClFNO2/c14-13(15)8-11(13)4-2-1-3-5-12(17)16-18-9-10-6-7-10/h3,5,10-11H,1-2,4,6-9H2,(H,16,17)/b5-3+. The van der Waals surface area contributed by atoms with Crippen LogP contribution in [0.25, 0.3) is 0 Å². The highest BCUT2D eigenvalue weighted by atomic mass is 35.5. The third kappa shape index (κ3) is 4.94. The Morgan fingerprint density at radius 3 is 2.89 bits per heavy atom. The fourth-order valence-corrected chi connectivity index (χ4v) is 2.10. The van der Waals surface area contributed by atoms with Gasteiger partial charge < -0.3 is 0 Å². The van der Waals surface area contributed by atoms with Crippen molar-refractivity contribution in [1.29, 1.82) is 0 Å². The summed E-state index contributed by atoms with van der Waals surface area (Å²) in [6, 6.07) is 0. The van der Waals surface area contributed by atoms with E-state index in [9.17, 15) is 9.18 Å². The Labute approximate surface area is 112 Å². The summed E-state index contributed by atoms with van der Waals surface area (Å²) in [6.07, 6.45) is 8.51. The van der Waals surface area contributed by atoms with Gasteiger partial charge in [0, 0.05) is 18.4 Å². The van der Waals surface area contributed by atoms with Crippen LogP contribution in [0.4, 0.5) is 4.39 Å². The van der Waals surface area contributed by atoms with Crippen LogP contribution in [0, 0.1) is 11.8 Å². The fraction of sp³-hybridized carbons (Fsp3) is 0.769. The van der Waals surface area contributed by atoms with Gasteiger partial charge in [-0.3, -0.25) is 9.63 Å². The van der Waals surface area contributed by atoms with Crippen molar-refractivity contribution in [3.63, 3.8) is 0 Å². The predicted molar refractivity (Wildman–Crippen MR) is 67.6 cm³/mol. The summed E-state index contributed by atoms with van der Waals surface area (Å²) >= 11 is 5.49. The van der Waals surface area contributed by atoms with E-state index in [-0.39, 0.29) is 11.8 Å². The van der Waals surface area contributed by atoms with E-state index >= 15 is 0 Å². The van der Waals surface area contributed by atoms with Gasteiger partial charge in [-0.15, -0.1) is 0 Å². The minimum atomic E-state index is -1.45. The summed E-state index contributed by atoms with van der Waals surface area (Å²) in [4.78, 5) is 16.3. The van der Waals surface area contributed by atoms with Gasteiger partial charge in [0.25, 0.3) is 5.91 Å². The van der Waals surface area contributed by atoms with Crippen LogP contribution in [0.15, 0.2) is 12.2 Å². The van der Waals surface area contributed by atoms with E-state index in [2.05, 4.69) is 5.48 Å². The molecule has 0 spiro atoms. The van der Waals surface area contributed by atoms with E-state index < -0.39 is 5.13 Å². The fourth-order valence-electron chi connectivity index (χ4n) is 1.80. The molecule has 18 heavy (non-hydrogen) atoms. The van der Waals surface area contributed by atoms with E-state index in [1.807, 2.05) is 0 Å². The zero-order valence-electron chi connectivity index (χ0n) is 10.3. The maximum Gasteiger partial charge on any atom is 0.267 e. The van der Waals surface area contributed by atoms with Crippen molar-refractivity contribution >= 4 is 17.5 Å². The van der Waals surface area contributed by atoms with Gasteiger partial charge in [-0.1, -0.05) is 17.7 Å². The lowest BCUT2D eigenvalue weighted by atomic mass is 10.1. The molecule has 0 aromatic carbocycles. The lowest BCUT2D eigenvalue weighted by Crippen LogP contribution is -2.22. The van der Waals surface area contributed by atoms with E-state index in [4.69, 9.17) is 16.4 Å². The number of rotatable bonds is 8. The largest absolute Gasteiger partial charge is 0.273 e. The first-order valence-electron chi connectivity index (χ1n) is 6.54. The molecule has 2 rings (SSSR count). The number of nitrogens with one attached hydrogen (secondary N) is 1. The Morgan fingerprint density at radius 2 is 2.28 bits per heavy atom. The smallest absolute Gasteiger partial charge is 0.267 e. The highest BCUT2D eigenvalue weighted by Gasteiger charge is 2.53. The van der Waals surface area contributed by atoms with Crippen LogP contribution in [0.2, 0.25) is 0 Å². The molecule has 1 N–H and O–H groups in total. The number of carbonyl (C=O) groups is 1. The molecule has 0 bridgehead atoms. The van der Waals surface area contributed by atoms with Crippen molar-refractivity contribution in [3.05, 3.63) is 12.2 Å². The molecule has 1 amide bonds. The van der Waals surface area contributed by atoms with Gasteiger partial charge in [-0.05, 0) is 38.0 Å². The van der Waals surface area contributed by atoms with Crippen LogP contribution in [0.1, 0.15) is 38.5 Å². The maximum atomic E-state index is 13.0. The van der Waals surface area contributed by atoms with Crippen LogP contribution in [0.5, 0.6) is 0 Å². The third-order valence-corrected chi connectivity index (χ3v) is 3.80. The Kier molecular flexibility index (Phi) is 4.62. The summed E-state index contributed by atoms with van der Waals surface area (Å²) in [5.41, 5.74) is 2.37. The minimum absolute atomic E-state index is 0.00303. The topological polar surface area (TPSA) is 38.3 Å². The van der Waals surface area contributed by atoms with Gasteiger partial charge in [-0.2, -0.15) is 0 Å². The van der Waals surface area contributed by atoms with Crippen LogP contribution in [0.3, 0.4) is 0 Å². The number of amides is 1. The normalized spacial score (nSPS) is 30.7. The number of unbranched alkanes of at least 4 members (excludes halogenated alkanes) is 1. The van der Waals surface area contributed by atoms with Crippen LogP contribution in [-0.4, -0.2) is 17.6 Å². The van der Waals surface area contributed by atoms with E-state index in [0.29, 0.717) is 18.9 Å². The number of carbonyl (C=O) groups excluding carboxylic acids is 1. The maximum absolute atomic E-state index is 13.0. The summed E-state index contributed by atoms with van der Waals surface area (Å²) in [6.45, 7) is 0.607. The quantitative estimate of drug-likeness (QED) is 0.320. The van der Waals surface area contributed by atoms with Crippen molar-refractivity contribution in [2.24, 2.45) is 11.8 Å². The zero-order valence-corrected chi connectivity index (χ0v) is 11.1. The Balaban J connectivity index is 1.44. The number of hydrogen-bond donors (Lipinski definition) is 1.